The minimum absolute atomic E-state index is 0.0859. The summed E-state index contributed by atoms with van der Waals surface area (Å²) in [5.74, 6) is 0.509. The van der Waals surface area contributed by atoms with Gasteiger partial charge in [0, 0.05) is 38.4 Å². The van der Waals surface area contributed by atoms with Crippen molar-refractivity contribution in [1.29, 1.82) is 0 Å². The lowest BCUT2D eigenvalue weighted by Gasteiger charge is -2.09. The van der Waals surface area contributed by atoms with Crippen molar-refractivity contribution < 1.29 is 30.7 Å². The third-order valence-corrected chi connectivity index (χ3v) is 10.4. The summed E-state index contributed by atoms with van der Waals surface area (Å²) in [6, 6.07) is 31.4. The highest BCUT2D eigenvalue weighted by molar-refractivity contribution is 7.86. The molecule has 0 radical (unpaired) electrons. The zero-order chi connectivity index (χ0) is 38.2. The fraction of sp³-hybridized carbons (Fsp3) is 0.0526. The Morgan fingerprint density at radius 3 is 1.41 bits per heavy atom. The molecule has 7 aromatic carbocycles. The second-order valence-electron chi connectivity index (χ2n) is 12.0. The van der Waals surface area contributed by atoms with Crippen molar-refractivity contribution in [2.45, 2.75) is 16.7 Å². The van der Waals surface area contributed by atoms with Gasteiger partial charge in [-0.2, -0.15) is 27.1 Å². The first-order chi connectivity index (χ1) is 25.8. The van der Waals surface area contributed by atoms with Crippen LogP contribution < -0.4 is 10.5 Å². The van der Waals surface area contributed by atoms with Crippen molar-refractivity contribution in [2.75, 3.05) is 12.8 Å². The van der Waals surface area contributed by atoms with Gasteiger partial charge in [0.15, 0.2) is 0 Å². The normalized spacial score (nSPS) is 12.6. The van der Waals surface area contributed by atoms with E-state index in [1.807, 2.05) is 49.4 Å². The third-order valence-electron chi connectivity index (χ3n) is 8.57. The molecule has 4 N–H and O–H groups in total. The smallest absolute Gasteiger partial charge is 0.295 e. The molecule has 16 heteroatoms. The number of aryl methyl sites for hydroxylation is 1. The summed E-state index contributed by atoms with van der Waals surface area (Å²) in [4.78, 5) is -1.15. The molecular formula is C38H29N7O7S2. The lowest BCUT2D eigenvalue weighted by Crippen LogP contribution is -2.03. The topological polar surface area (TPSA) is 218 Å². The van der Waals surface area contributed by atoms with Crippen LogP contribution in [0.1, 0.15) is 5.56 Å². The second kappa shape index (κ2) is 14.2. The number of hydrogen-bond donors (Lipinski definition) is 3. The van der Waals surface area contributed by atoms with Crippen LogP contribution in [0.3, 0.4) is 0 Å². The minimum atomic E-state index is -4.82. The summed E-state index contributed by atoms with van der Waals surface area (Å²) in [6.07, 6.45) is 0. The highest BCUT2D eigenvalue weighted by Gasteiger charge is 2.21. The first-order valence-corrected chi connectivity index (χ1v) is 18.9. The van der Waals surface area contributed by atoms with E-state index in [-0.39, 0.29) is 16.5 Å². The molecule has 0 unspecified atom stereocenters. The molecule has 0 atom stereocenters. The van der Waals surface area contributed by atoms with Crippen LogP contribution >= 0.6 is 0 Å². The molecule has 0 bridgehead atoms. The van der Waals surface area contributed by atoms with Gasteiger partial charge in [0.2, 0.25) is 0 Å². The van der Waals surface area contributed by atoms with E-state index in [1.165, 1.54) is 18.2 Å². The number of nitrogen functional groups attached to an aromatic ring is 1. The quantitative estimate of drug-likeness (QED) is 0.0728. The maximum Gasteiger partial charge on any atom is 0.295 e. The Morgan fingerprint density at radius 1 is 0.500 bits per heavy atom. The molecular weight excluding hydrogens is 731 g/mol. The number of methoxy groups -OCH3 is 1. The zero-order valence-corrected chi connectivity index (χ0v) is 30.1. The standard InChI is InChI=1S/C38H29N7O7S2/c1-22-18-30(39)36(52-2)21-35(22)45-44-34-17-16-33(26-10-5-6-11-27(26)34)43-42-32-15-14-31(24-8-3-4-9-25(24)32)41-40-23-19-29-28(38(20-23)54(49,50)51)12-7-13-37(29)53(46,47)48/h3-21H,39H2,1-2H3,(H,46,47,48)(H,49,50,51). The number of fused-ring (bicyclic) bond motifs is 3. The predicted molar refractivity (Wildman–Crippen MR) is 206 cm³/mol. The highest BCUT2D eigenvalue weighted by atomic mass is 32.2. The van der Waals surface area contributed by atoms with Gasteiger partial charge in [0.05, 0.1) is 46.9 Å². The van der Waals surface area contributed by atoms with Gasteiger partial charge in [0.25, 0.3) is 20.2 Å². The predicted octanol–water partition coefficient (Wildman–Crippen LogP) is 10.8. The van der Waals surface area contributed by atoms with Crippen molar-refractivity contribution >= 4 is 92.4 Å². The number of azo groups is 3. The molecule has 0 heterocycles. The summed E-state index contributed by atoms with van der Waals surface area (Å²) in [6.45, 7) is 1.89. The van der Waals surface area contributed by atoms with Crippen molar-refractivity contribution in [2.24, 2.45) is 30.7 Å². The van der Waals surface area contributed by atoms with Gasteiger partial charge >= 0.3 is 0 Å². The second-order valence-corrected chi connectivity index (χ2v) is 14.8. The van der Waals surface area contributed by atoms with Gasteiger partial charge in [0.1, 0.15) is 15.5 Å². The van der Waals surface area contributed by atoms with Crippen LogP contribution in [-0.4, -0.2) is 33.1 Å². The van der Waals surface area contributed by atoms with Crippen LogP contribution in [0.2, 0.25) is 0 Å². The van der Waals surface area contributed by atoms with E-state index in [0.29, 0.717) is 50.6 Å². The van der Waals surface area contributed by atoms with Crippen LogP contribution in [0.4, 0.5) is 39.8 Å². The third kappa shape index (κ3) is 7.13. The number of hydrogen-bond acceptors (Lipinski definition) is 12. The largest absolute Gasteiger partial charge is 0.495 e. The Balaban J connectivity index is 1.24. The molecule has 0 saturated carbocycles. The van der Waals surface area contributed by atoms with E-state index in [9.17, 15) is 25.9 Å². The molecule has 7 aromatic rings. The Kier molecular flexibility index (Phi) is 9.42. The first kappa shape index (κ1) is 35.9. The van der Waals surface area contributed by atoms with Gasteiger partial charge < -0.3 is 10.5 Å². The summed E-state index contributed by atoms with van der Waals surface area (Å²) >= 11 is 0. The van der Waals surface area contributed by atoms with E-state index >= 15 is 0 Å². The number of rotatable bonds is 9. The van der Waals surface area contributed by atoms with Gasteiger partial charge in [-0.3, -0.25) is 9.11 Å². The molecule has 0 fully saturated rings. The van der Waals surface area contributed by atoms with E-state index in [1.54, 1.807) is 49.6 Å². The van der Waals surface area contributed by atoms with Crippen LogP contribution in [0.25, 0.3) is 32.3 Å². The maximum absolute atomic E-state index is 12.3. The molecule has 0 aliphatic rings. The maximum atomic E-state index is 12.3. The molecule has 14 nitrogen and oxygen atoms in total. The number of benzene rings is 7. The average Bonchev–Trinajstić information content (AvgIpc) is 3.15. The molecule has 270 valence electrons. The Labute approximate surface area is 308 Å². The van der Waals surface area contributed by atoms with Crippen molar-refractivity contribution in [3.8, 4) is 5.75 Å². The fourth-order valence-corrected chi connectivity index (χ4v) is 7.42. The number of ether oxygens (including phenoxy) is 1. The lowest BCUT2D eigenvalue weighted by molar-refractivity contribution is 0.417. The molecule has 0 saturated heterocycles. The molecule has 0 amide bonds. The summed E-state index contributed by atoms with van der Waals surface area (Å²) in [7, 11) is -8.03. The molecule has 0 aliphatic heterocycles. The fourth-order valence-electron chi connectivity index (χ4n) is 6.00. The van der Waals surface area contributed by atoms with Crippen molar-refractivity contribution in [3.63, 3.8) is 0 Å². The number of nitrogens with two attached hydrogens (primary N) is 1. The van der Waals surface area contributed by atoms with Gasteiger partial charge in [-0.15, -0.1) is 20.5 Å². The molecule has 0 spiro atoms. The summed E-state index contributed by atoms with van der Waals surface area (Å²) in [5.41, 5.74) is 10.1. The van der Waals surface area contributed by atoms with Crippen LogP contribution in [0.5, 0.6) is 5.75 Å². The first-order valence-electron chi connectivity index (χ1n) is 16.1. The Morgan fingerprint density at radius 2 is 0.944 bits per heavy atom. The zero-order valence-electron chi connectivity index (χ0n) is 28.5. The van der Waals surface area contributed by atoms with E-state index in [0.717, 1.165) is 28.5 Å². The van der Waals surface area contributed by atoms with Gasteiger partial charge in [-0.05, 0) is 61.0 Å². The monoisotopic (exact) mass is 759 g/mol. The van der Waals surface area contributed by atoms with Gasteiger partial charge in [-0.25, -0.2) is 0 Å². The Bertz CT molecular complexity index is 2970. The average molecular weight is 760 g/mol. The molecule has 7 rings (SSSR count). The van der Waals surface area contributed by atoms with E-state index in [4.69, 9.17) is 10.5 Å². The van der Waals surface area contributed by atoms with E-state index in [2.05, 4.69) is 30.7 Å². The van der Waals surface area contributed by atoms with Gasteiger partial charge in [-0.1, -0.05) is 60.7 Å². The van der Waals surface area contributed by atoms with Crippen LogP contribution in [0, 0.1) is 6.92 Å². The van der Waals surface area contributed by atoms with E-state index < -0.39 is 30.0 Å². The summed E-state index contributed by atoms with van der Waals surface area (Å²) in [5, 5.41) is 29.3. The van der Waals surface area contributed by atoms with Crippen molar-refractivity contribution in [3.05, 3.63) is 121 Å². The number of nitrogens with zero attached hydrogens (tertiary/aromatic N) is 6. The molecule has 0 aromatic heterocycles. The molecule has 54 heavy (non-hydrogen) atoms. The minimum Gasteiger partial charge on any atom is -0.495 e. The lowest BCUT2D eigenvalue weighted by atomic mass is 10.1. The van der Waals surface area contributed by atoms with Crippen LogP contribution in [0.15, 0.2) is 156 Å². The highest BCUT2D eigenvalue weighted by Crippen LogP contribution is 2.40. The van der Waals surface area contributed by atoms with Crippen molar-refractivity contribution in [1.82, 2.24) is 0 Å². The molecule has 0 aliphatic carbocycles. The number of anilines is 1. The summed E-state index contributed by atoms with van der Waals surface area (Å²) < 4.78 is 73.7. The Hall–Kier alpha value is -6.46. The van der Waals surface area contributed by atoms with Crippen LogP contribution in [-0.2, 0) is 20.2 Å². The SMILES string of the molecule is COc1cc(N=Nc2ccc(N=Nc3ccc(N=Nc4cc(S(=O)(=O)O)c5cccc(S(=O)(=O)O)c5c4)c4ccccc34)c3ccccc23)c(C)cc1N.